The maximum absolute atomic E-state index is 13.2. The number of aromatic nitrogens is 4. The highest BCUT2D eigenvalue weighted by molar-refractivity contribution is 5.83. The second-order valence-electron chi connectivity index (χ2n) is 8.36. The van der Waals surface area contributed by atoms with E-state index in [1.54, 1.807) is 18.6 Å². The number of hydrogen-bond acceptors (Lipinski definition) is 5. The number of piperidine rings is 1. The summed E-state index contributed by atoms with van der Waals surface area (Å²) in [4.78, 5) is 28.4. The Morgan fingerprint density at radius 2 is 1.69 bits per heavy atom. The van der Waals surface area contributed by atoms with Crippen molar-refractivity contribution < 1.29 is 4.79 Å². The lowest BCUT2D eigenvalue weighted by atomic mass is 9.92. The fraction of sp³-hybridized carbons (Fsp3) is 0.280. The first-order chi connectivity index (χ1) is 15.6. The van der Waals surface area contributed by atoms with E-state index in [4.69, 9.17) is 10.7 Å². The van der Waals surface area contributed by atoms with E-state index in [0.29, 0.717) is 11.7 Å². The molecule has 1 fully saturated rings. The number of rotatable bonds is 4. The van der Waals surface area contributed by atoms with Crippen LogP contribution in [0, 0.1) is 0 Å². The standard InChI is InChI=1S/C25H26N6O/c1-17(31-16-29-22-4-2-3-5-23(22)31)25(32)30-12-10-18(11-13-30)21-8-6-19(14-27-21)20-7-9-24(26)28-15-20/h2-9,14-18H,10-13H2,1H3,(H2,26,28). The van der Waals surface area contributed by atoms with Gasteiger partial charge in [-0.2, -0.15) is 0 Å². The summed E-state index contributed by atoms with van der Waals surface area (Å²) < 4.78 is 1.97. The minimum atomic E-state index is -0.273. The number of likely N-dealkylation sites (tertiary alicyclic amines) is 1. The van der Waals surface area contributed by atoms with Crippen molar-refractivity contribution >= 4 is 22.8 Å². The van der Waals surface area contributed by atoms with Crippen LogP contribution in [-0.4, -0.2) is 43.4 Å². The molecule has 3 aromatic heterocycles. The molecule has 0 radical (unpaired) electrons. The second-order valence-corrected chi connectivity index (χ2v) is 8.36. The number of fused-ring (bicyclic) bond motifs is 1. The lowest BCUT2D eigenvalue weighted by Crippen LogP contribution is -2.41. The molecule has 0 saturated carbocycles. The van der Waals surface area contributed by atoms with Crippen LogP contribution >= 0.6 is 0 Å². The van der Waals surface area contributed by atoms with Gasteiger partial charge < -0.3 is 15.2 Å². The van der Waals surface area contributed by atoms with Crippen molar-refractivity contribution in [3.63, 3.8) is 0 Å². The third-order valence-corrected chi connectivity index (χ3v) is 6.39. The van der Waals surface area contributed by atoms with Crippen molar-refractivity contribution in [2.75, 3.05) is 18.8 Å². The number of anilines is 1. The number of imidazole rings is 1. The highest BCUT2D eigenvalue weighted by Gasteiger charge is 2.28. The van der Waals surface area contributed by atoms with Gasteiger partial charge in [0.15, 0.2) is 0 Å². The Bertz CT molecular complexity index is 1220. The number of pyridine rings is 2. The lowest BCUT2D eigenvalue weighted by Gasteiger charge is -2.33. The van der Waals surface area contributed by atoms with Gasteiger partial charge in [-0.1, -0.05) is 18.2 Å². The average molecular weight is 427 g/mol. The summed E-state index contributed by atoms with van der Waals surface area (Å²) in [5, 5.41) is 0. The zero-order valence-electron chi connectivity index (χ0n) is 18.1. The fourth-order valence-corrected chi connectivity index (χ4v) is 4.46. The van der Waals surface area contributed by atoms with Crippen LogP contribution < -0.4 is 5.73 Å². The first-order valence-electron chi connectivity index (χ1n) is 11.0. The molecule has 4 aromatic rings. The number of amides is 1. The topological polar surface area (TPSA) is 89.9 Å². The van der Waals surface area contributed by atoms with E-state index in [0.717, 1.165) is 53.8 Å². The van der Waals surface area contributed by atoms with E-state index in [9.17, 15) is 4.79 Å². The second kappa shape index (κ2) is 8.42. The molecule has 4 heterocycles. The number of nitrogen functional groups attached to an aromatic ring is 1. The van der Waals surface area contributed by atoms with Gasteiger partial charge in [-0.25, -0.2) is 9.97 Å². The Morgan fingerprint density at radius 3 is 2.38 bits per heavy atom. The molecular formula is C25H26N6O. The van der Waals surface area contributed by atoms with Crippen LogP contribution in [-0.2, 0) is 4.79 Å². The maximum Gasteiger partial charge on any atom is 0.245 e. The molecule has 1 atom stereocenters. The van der Waals surface area contributed by atoms with E-state index >= 15 is 0 Å². The number of carbonyl (C=O) groups excluding carboxylic acids is 1. The summed E-state index contributed by atoms with van der Waals surface area (Å²) in [6.45, 7) is 3.44. The molecule has 32 heavy (non-hydrogen) atoms. The van der Waals surface area contributed by atoms with E-state index in [-0.39, 0.29) is 11.9 Å². The minimum Gasteiger partial charge on any atom is -0.384 e. The summed E-state index contributed by atoms with van der Waals surface area (Å²) in [5.41, 5.74) is 10.7. The van der Waals surface area contributed by atoms with E-state index in [1.807, 2.05) is 52.9 Å². The fourth-order valence-electron chi connectivity index (χ4n) is 4.46. The summed E-state index contributed by atoms with van der Waals surface area (Å²) in [6, 6.07) is 15.6. The quantitative estimate of drug-likeness (QED) is 0.532. The maximum atomic E-state index is 13.2. The Hall–Kier alpha value is -3.74. The molecule has 1 aliphatic rings. The van der Waals surface area contributed by atoms with Crippen LogP contribution in [0.3, 0.4) is 0 Å². The molecule has 7 nitrogen and oxygen atoms in total. The van der Waals surface area contributed by atoms with Gasteiger partial charge in [0.1, 0.15) is 11.9 Å². The zero-order chi connectivity index (χ0) is 22.1. The first-order valence-corrected chi connectivity index (χ1v) is 11.0. The molecule has 1 aliphatic heterocycles. The molecule has 1 amide bonds. The molecule has 0 bridgehead atoms. The Morgan fingerprint density at radius 1 is 0.969 bits per heavy atom. The van der Waals surface area contributed by atoms with Gasteiger partial charge in [0.2, 0.25) is 5.91 Å². The van der Waals surface area contributed by atoms with E-state index in [2.05, 4.69) is 22.1 Å². The van der Waals surface area contributed by atoms with Crippen molar-refractivity contribution in [1.29, 1.82) is 0 Å². The summed E-state index contributed by atoms with van der Waals surface area (Å²) in [7, 11) is 0. The number of nitrogens with zero attached hydrogens (tertiary/aromatic N) is 5. The van der Waals surface area contributed by atoms with Gasteiger partial charge in [-0.05, 0) is 50.1 Å². The van der Waals surface area contributed by atoms with Crippen LogP contribution in [0.2, 0.25) is 0 Å². The summed E-state index contributed by atoms with van der Waals surface area (Å²) in [6.07, 6.45) is 7.26. The number of nitrogens with two attached hydrogens (primary N) is 1. The van der Waals surface area contributed by atoms with Crippen LogP contribution in [0.4, 0.5) is 5.82 Å². The molecule has 1 saturated heterocycles. The highest BCUT2D eigenvalue weighted by Crippen LogP contribution is 2.29. The monoisotopic (exact) mass is 426 g/mol. The van der Waals surface area contributed by atoms with Crippen molar-refractivity contribution in [2.24, 2.45) is 0 Å². The molecule has 162 valence electrons. The number of carbonyl (C=O) groups is 1. The van der Waals surface area contributed by atoms with Gasteiger partial charge in [0.25, 0.3) is 0 Å². The van der Waals surface area contributed by atoms with Gasteiger partial charge in [0.05, 0.1) is 17.4 Å². The smallest absolute Gasteiger partial charge is 0.245 e. The third kappa shape index (κ3) is 3.82. The van der Waals surface area contributed by atoms with Crippen molar-refractivity contribution in [3.05, 3.63) is 72.9 Å². The molecule has 1 unspecified atom stereocenters. The normalized spacial score (nSPS) is 15.7. The largest absolute Gasteiger partial charge is 0.384 e. The van der Waals surface area contributed by atoms with Gasteiger partial charge >= 0.3 is 0 Å². The van der Waals surface area contributed by atoms with Crippen molar-refractivity contribution in [2.45, 2.75) is 31.7 Å². The van der Waals surface area contributed by atoms with Crippen molar-refractivity contribution in [1.82, 2.24) is 24.4 Å². The molecule has 5 rings (SSSR count). The van der Waals surface area contributed by atoms with Crippen molar-refractivity contribution in [3.8, 4) is 11.1 Å². The zero-order valence-corrected chi connectivity index (χ0v) is 18.1. The third-order valence-electron chi connectivity index (χ3n) is 6.39. The van der Waals surface area contributed by atoms with E-state index < -0.39 is 0 Å². The minimum absolute atomic E-state index is 0.144. The lowest BCUT2D eigenvalue weighted by molar-refractivity contribution is -0.135. The summed E-state index contributed by atoms with van der Waals surface area (Å²) in [5.74, 6) is 1.02. The van der Waals surface area contributed by atoms with Crippen LogP contribution in [0.25, 0.3) is 22.2 Å². The molecular weight excluding hydrogens is 400 g/mol. The van der Waals surface area contributed by atoms with Gasteiger partial charge in [-0.3, -0.25) is 9.78 Å². The molecule has 1 aromatic carbocycles. The Labute approximate surface area is 186 Å². The SMILES string of the molecule is CC(C(=O)N1CCC(c2ccc(-c3ccc(N)nc3)cn2)CC1)n1cnc2ccccc21. The Balaban J connectivity index is 1.23. The van der Waals surface area contributed by atoms with Gasteiger partial charge in [-0.15, -0.1) is 0 Å². The first kappa shape index (κ1) is 20.2. The predicted octanol–water partition coefficient (Wildman–Crippen LogP) is 4.04. The molecule has 0 aliphatic carbocycles. The summed E-state index contributed by atoms with van der Waals surface area (Å²) >= 11 is 0. The average Bonchev–Trinajstić information content (AvgIpc) is 3.28. The molecule has 7 heteroatoms. The molecule has 0 spiro atoms. The highest BCUT2D eigenvalue weighted by atomic mass is 16.2. The van der Waals surface area contributed by atoms with Crippen LogP contribution in [0.1, 0.15) is 37.4 Å². The predicted molar refractivity (Wildman–Crippen MR) is 125 cm³/mol. The number of para-hydroxylation sites is 2. The van der Waals surface area contributed by atoms with Crippen LogP contribution in [0.15, 0.2) is 67.3 Å². The number of hydrogen-bond donors (Lipinski definition) is 1. The molecule has 2 N–H and O–H groups in total. The van der Waals surface area contributed by atoms with E-state index in [1.165, 1.54) is 0 Å². The Kier molecular flexibility index (Phi) is 5.31. The number of benzene rings is 1. The van der Waals surface area contributed by atoms with Gasteiger partial charge in [0, 0.05) is 48.2 Å². The van der Waals surface area contributed by atoms with Crippen LogP contribution in [0.5, 0.6) is 0 Å².